The molecule has 0 radical (unpaired) electrons. The van der Waals surface area contributed by atoms with Crippen LogP contribution in [0.2, 0.25) is 0 Å². The van der Waals surface area contributed by atoms with E-state index >= 15 is 0 Å². The van der Waals surface area contributed by atoms with Gasteiger partial charge in [-0.1, -0.05) is 154 Å². The lowest BCUT2D eigenvalue weighted by atomic mass is 10.1. The highest BCUT2D eigenvalue weighted by Gasteiger charge is 2.27. The zero-order valence-electron chi connectivity index (χ0n) is 37.1. The number of hydrogen-bond acceptors (Lipinski definition) is 7. The maximum absolute atomic E-state index is 12.7. The van der Waals surface area contributed by atoms with E-state index in [-0.39, 0.29) is 32.0 Å². The molecule has 0 aromatic carbocycles. The molecule has 9 nitrogen and oxygen atoms in total. The Balaban J connectivity index is 4.31. The Morgan fingerprint density at radius 1 is 0.536 bits per heavy atom. The van der Waals surface area contributed by atoms with Crippen LogP contribution in [0.5, 0.6) is 0 Å². The first kappa shape index (κ1) is 54.5. The van der Waals surface area contributed by atoms with E-state index in [1.54, 1.807) is 0 Å². The van der Waals surface area contributed by atoms with Crippen LogP contribution in [0.25, 0.3) is 0 Å². The quantitative estimate of drug-likeness (QED) is 0.0213. The Hall–Kier alpha value is -1.51. The number of quaternary nitrogens is 1. The molecule has 0 aliphatic rings. The molecule has 0 fully saturated rings. The van der Waals surface area contributed by atoms with Gasteiger partial charge in [-0.05, 0) is 64.2 Å². The van der Waals surface area contributed by atoms with Crippen molar-refractivity contribution in [3.05, 3.63) is 24.3 Å². The molecule has 1 N–H and O–H groups in total. The molecule has 0 aromatic heterocycles. The maximum atomic E-state index is 12.7. The monoisotopic (exact) mass is 815 g/mol. The molecule has 10 heteroatoms. The van der Waals surface area contributed by atoms with Crippen molar-refractivity contribution in [3.8, 4) is 0 Å². The van der Waals surface area contributed by atoms with E-state index in [9.17, 15) is 19.0 Å². The number of esters is 2. The van der Waals surface area contributed by atoms with Crippen molar-refractivity contribution in [1.29, 1.82) is 0 Å². The highest BCUT2D eigenvalue weighted by molar-refractivity contribution is 7.47. The minimum absolute atomic E-state index is 0.0313. The van der Waals surface area contributed by atoms with Crippen LogP contribution in [0, 0.1) is 0 Å². The molecule has 0 aromatic rings. The van der Waals surface area contributed by atoms with Crippen LogP contribution in [0.4, 0.5) is 0 Å². The van der Waals surface area contributed by atoms with E-state index in [0.29, 0.717) is 17.4 Å². The van der Waals surface area contributed by atoms with E-state index in [2.05, 4.69) is 38.2 Å². The van der Waals surface area contributed by atoms with Gasteiger partial charge in [-0.25, -0.2) is 4.57 Å². The summed E-state index contributed by atoms with van der Waals surface area (Å²) in [4.78, 5) is 35.4. The highest BCUT2D eigenvalue weighted by Crippen LogP contribution is 2.43. The van der Waals surface area contributed by atoms with Crippen molar-refractivity contribution >= 4 is 19.8 Å². The van der Waals surface area contributed by atoms with Crippen molar-refractivity contribution in [3.63, 3.8) is 0 Å². The van der Waals surface area contributed by atoms with E-state index < -0.39 is 26.5 Å². The summed E-state index contributed by atoms with van der Waals surface area (Å²) >= 11 is 0. The van der Waals surface area contributed by atoms with Crippen molar-refractivity contribution in [2.75, 3.05) is 47.5 Å². The third kappa shape index (κ3) is 42.1. The third-order valence-electron chi connectivity index (χ3n) is 9.95. The van der Waals surface area contributed by atoms with Gasteiger partial charge in [-0.15, -0.1) is 0 Å². The zero-order chi connectivity index (χ0) is 41.4. The predicted octanol–water partition coefficient (Wildman–Crippen LogP) is 13.1. The fraction of sp³-hybridized carbons (Fsp3) is 0.870. The molecule has 2 unspecified atom stereocenters. The Bertz CT molecular complexity index is 1010. The SMILES string of the molecule is CCCCCC/C=C\CCCCCCCC(=O)OCC(COP(=O)(O)OCC[N+](C)(C)C)OC(=O)CCCCCCCCCCC/C=C\CCCCCCCC. The van der Waals surface area contributed by atoms with E-state index in [1.807, 2.05) is 21.1 Å². The largest absolute Gasteiger partial charge is 0.472 e. The lowest BCUT2D eigenvalue weighted by Crippen LogP contribution is -2.37. The number of rotatable bonds is 42. The summed E-state index contributed by atoms with van der Waals surface area (Å²) in [6, 6.07) is 0. The van der Waals surface area contributed by atoms with Gasteiger partial charge >= 0.3 is 19.8 Å². The minimum atomic E-state index is -4.37. The molecule has 0 heterocycles. The first-order chi connectivity index (χ1) is 27.0. The number of phosphoric ester groups is 1. The molecule has 0 rings (SSSR count). The first-order valence-electron chi connectivity index (χ1n) is 23.1. The molecular weight excluding hydrogens is 725 g/mol. The van der Waals surface area contributed by atoms with E-state index in [0.717, 1.165) is 57.8 Å². The molecule has 0 spiro atoms. The van der Waals surface area contributed by atoms with Crippen molar-refractivity contribution in [2.24, 2.45) is 0 Å². The van der Waals surface area contributed by atoms with Gasteiger partial charge in [0.25, 0.3) is 0 Å². The summed E-state index contributed by atoms with van der Waals surface area (Å²) in [6.45, 7) is 4.41. The van der Waals surface area contributed by atoms with Crippen LogP contribution >= 0.6 is 7.82 Å². The normalized spacial score (nSPS) is 13.8. The number of allylic oxidation sites excluding steroid dienone is 4. The Kier molecular flexibility index (Phi) is 37.9. The molecule has 0 aliphatic carbocycles. The molecule has 0 aliphatic heterocycles. The first-order valence-corrected chi connectivity index (χ1v) is 24.6. The highest BCUT2D eigenvalue weighted by atomic mass is 31.2. The van der Waals surface area contributed by atoms with Gasteiger partial charge in [0, 0.05) is 12.8 Å². The third-order valence-corrected chi connectivity index (χ3v) is 10.9. The molecule has 2 atom stereocenters. The van der Waals surface area contributed by atoms with Crippen molar-refractivity contribution < 1.29 is 42.1 Å². The van der Waals surface area contributed by atoms with Gasteiger partial charge in [-0.3, -0.25) is 18.6 Å². The second-order valence-electron chi connectivity index (χ2n) is 16.8. The standard InChI is InChI=1S/C46H88NO8P/c1-6-8-10-12-14-16-18-20-21-22-23-24-25-27-29-31-33-35-37-39-46(49)55-44(43-54-56(50,51)53-41-40-47(3,4)5)42-52-45(48)38-36-34-32-30-28-26-19-17-15-13-11-9-7-2/h17,19-21,44H,6-16,18,22-43H2,1-5H3/p+1/b19-17-,21-20-. The molecule has 0 bridgehead atoms. The van der Waals surface area contributed by atoms with Gasteiger partial charge < -0.3 is 18.9 Å². The Morgan fingerprint density at radius 2 is 0.911 bits per heavy atom. The fourth-order valence-electron chi connectivity index (χ4n) is 6.30. The molecule has 330 valence electrons. The van der Waals surface area contributed by atoms with Crippen LogP contribution in [-0.2, 0) is 32.7 Å². The number of phosphoric acid groups is 1. The predicted molar refractivity (Wildman–Crippen MR) is 234 cm³/mol. The van der Waals surface area contributed by atoms with Gasteiger partial charge in [0.1, 0.15) is 19.8 Å². The zero-order valence-corrected chi connectivity index (χ0v) is 38.0. The van der Waals surface area contributed by atoms with Crippen LogP contribution in [0.3, 0.4) is 0 Å². The van der Waals surface area contributed by atoms with Gasteiger partial charge in [-0.2, -0.15) is 0 Å². The maximum Gasteiger partial charge on any atom is 0.472 e. The Labute approximate surface area is 345 Å². The number of nitrogens with zero attached hydrogens (tertiary/aromatic N) is 1. The average molecular weight is 815 g/mol. The van der Waals surface area contributed by atoms with Crippen molar-refractivity contribution in [2.45, 2.75) is 213 Å². The average Bonchev–Trinajstić information content (AvgIpc) is 3.15. The van der Waals surface area contributed by atoms with Gasteiger partial charge in [0.2, 0.25) is 0 Å². The summed E-state index contributed by atoms with van der Waals surface area (Å²) in [6.07, 6.45) is 42.2. The van der Waals surface area contributed by atoms with E-state index in [4.69, 9.17) is 18.5 Å². The van der Waals surface area contributed by atoms with Crippen LogP contribution in [0.15, 0.2) is 24.3 Å². The molecular formula is C46H89NO8P+. The Morgan fingerprint density at radius 3 is 1.34 bits per heavy atom. The lowest BCUT2D eigenvalue weighted by Gasteiger charge is -2.24. The molecule has 0 saturated heterocycles. The summed E-state index contributed by atoms with van der Waals surface area (Å²) in [7, 11) is 1.47. The molecule has 56 heavy (non-hydrogen) atoms. The summed E-state index contributed by atoms with van der Waals surface area (Å²) in [5.74, 6) is -0.806. The van der Waals surface area contributed by atoms with Gasteiger partial charge in [0.05, 0.1) is 27.7 Å². The number of likely N-dealkylation sites (N-methyl/N-ethyl adjacent to an activating group) is 1. The smallest absolute Gasteiger partial charge is 0.462 e. The van der Waals surface area contributed by atoms with E-state index in [1.165, 1.54) is 116 Å². The number of hydrogen-bond donors (Lipinski definition) is 1. The number of carbonyl (C=O) groups is 2. The summed E-state index contributed by atoms with van der Waals surface area (Å²) < 4.78 is 34.3. The fourth-order valence-corrected chi connectivity index (χ4v) is 7.04. The second kappa shape index (κ2) is 39.0. The van der Waals surface area contributed by atoms with Crippen molar-refractivity contribution in [1.82, 2.24) is 0 Å². The van der Waals surface area contributed by atoms with Gasteiger partial charge in [0.15, 0.2) is 6.10 Å². The van der Waals surface area contributed by atoms with Crippen LogP contribution < -0.4 is 0 Å². The molecule has 0 saturated carbocycles. The number of ether oxygens (including phenoxy) is 2. The lowest BCUT2D eigenvalue weighted by molar-refractivity contribution is -0.870. The van der Waals surface area contributed by atoms with Crippen LogP contribution in [-0.4, -0.2) is 74.9 Å². The van der Waals surface area contributed by atoms with Crippen LogP contribution in [0.1, 0.15) is 206 Å². The summed E-state index contributed by atoms with van der Waals surface area (Å²) in [5.41, 5.74) is 0. The summed E-state index contributed by atoms with van der Waals surface area (Å²) in [5, 5.41) is 0. The molecule has 0 amide bonds. The number of carbonyl (C=O) groups excluding carboxylic acids is 2. The second-order valence-corrected chi connectivity index (χ2v) is 18.2. The number of unbranched alkanes of at least 4 members (excludes halogenated alkanes) is 24. The minimum Gasteiger partial charge on any atom is -0.462 e. The topological polar surface area (TPSA) is 108 Å².